The fourth-order valence-electron chi connectivity index (χ4n) is 1.21. The number of hydrogen-bond acceptors (Lipinski definition) is 3. The second-order valence-electron chi connectivity index (χ2n) is 3.19. The quantitative estimate of drug-likeness (QED) is 0.798. The highest BCUT2D eigenvalue weighted by Gasteiger charge is 2.07. The zero-order valence-corrected chi connectivity index (χ0v) is 11.2. The normalized spacial score (nSPS) is 9.73. The Kier molecular flexibility index (Phi) is 7.22. The Labute approximate surface area is 97.7 Å². The van der Waals surface area contributed by atoms with E-state index in [2.05, 4.69) is 25.8 Å². The van der Waals surface area contributed by atoms with Crippen LogP contribution in [0.2, 0.25) is 0 Å². The molecule has 0 fully saturated rings. The van der Waals surface area contributed by atoms with Crippen molar-refractivity contribution in [2.45, 2.75) is 51.2 Å². The minimum absolute atomic E-state index is 0.590. The van der Waals surface area contributed by atoms with Crippen LogP contribution < -0.4 is 5.73 Å². The minimum Gasteiger partial charge on any atom is -0.383 e. The summed E-state index contributed by atoms with van der Waals surface area (Å²) in [6.07, 6.45) is 2.73. The van der Waals surface area contributed by atoms with E-state index in [4.69, 9.17) is 5.73 Å². The summed E-state index contributed by atoms with van der Waals surface area (Å²) in [4.78, 5) is 5.35. The Hall–Kier alpha value is -0.700. The maximum Gasteiger partial charge on any atom is 0.127 e. The van der Waals surface area contributed by atoms with E-state index < -0.39 is 0 Å². The summed E-state index contributed by atoms with van der Waals surface area (Å²) in [5.74, 6) is 0.674. The van der Waals surface area contributed by atoms with Crippen LogP contribution in [-0.4, -0.2) is 10.2 Å². The summed E-state index contributed by atoms with van der Waals surface area (Å²) in [5.41, 5.74) is 6.96. The van der Waals surface area contributed by atoms with E-state index in [9.17, 15) is 0 Å². The lowest BCUT2D eigenvalue weighted by atomic mass is 10.2. The van der Waals surface area contributed by atoms with Crippen molar-refractivity contribution in [3.8, 4) is 0 Å². The van der Waals surface area contributed by atoms with Gasteiger partial charge in [0.2, 0.25) is 0 Å². The van der Waals surface area contributed by atoms with Gasteiger partial charge in [-0.05, 0) is 12.5 Å². The fourth-order valence-corrected chi connectivity index (χ4v) is 2.25. The number of nitrogen functional groups attached to an aromatic ring is 1. The van der Waals surface area contributed by atoms with Crippen LogP contribution in [0.25, 0.3) is 0 Å². The molecule has 3 heteroatoms. The second kappa shape index (κ2) is 7.57. The van der Waals surface area contributed by atoms with Crippen LogP contribution in [0.1, 0.15) is 40.2 Å². The molecule has 0 unspecified atom stereocenters. The summed E-state index contributed by atoms with van der Waals surface area (Å²) in [7, 11) is 0. The third-order valence-corrected chi connectivity index (χ3v) is 2.87. The molecule has 2 N–H and O–H groups in total. The number of hydrogen-bond donors (Lipinski definition) is 1. The molecule has 1 aromatic rings. The molecule has 0 aliphatic rings. The Morgan fingerprint density at radius 3 is 2.47 bits per heavy atom. The van der Waals surface area contributed by atoms with Crippen molar-refractivity contribution < 1.29 is 0 Å². The van der Waals surface area contributed by atoms with Crippen molar-refractivity contribution in [1.82, 2.24) is 4.98 Å². The molecule has 1 rings (SSSR count). The molecule has 0 amide bonds. The number of aromatic nitrogens is 1. The molecule has 0 aromatic carbocycles. The van der Waals surface area contributed by atoms with Gasteiger partial charge in [-0.1, -0.05) is 34.6 Å². The van der Waals surface area contributed by atoms with Gasteiger partial charge in [-0.2, -0.15) is 0 Å². The number of anilines is 1. The molecular formula is C12H22N2S. The van der Waals surface area contributed by atoms with Crippen LogP contribution in [0.15, 0.2) is 17.2 Å². The predicted octanol–water partition coefficient (Wildman–Crippen LogP) is 3.75. The average Bonchev–Trinajstić information content (AvgIpc) is 2.20. The number of nitrogens with two attached hydrogens (primary N) is 1. The van der Waals surface area contributed by atoms with Crippen LogP contribution in [0.4, 0.5) is 5.82 Å². The zero-order valence-electron chi connectivity index (χ0n) is 10.4. The molecule has 0 saturated heterocycles. The van der Waals surface area contributed by atoms with Crippen molar-refractivity contribution in [3.63, 3.8) is 0 Å². The lowest BCUT2D eigenvalue weighted by Crippen LogP contribution is -1.99. The summed E-state index contributed by atoms with van der Waals surface area (Å²) in [6.45, 7) is 10.5. The van der Waals surface area contributed by atoms with Gasteiger partial charge in [0.15, 0.2) is 0 Å². The SMILES string of the molecule is CC.CCc1c(SC(C)C)ccnc1N. The number of nitrogens with zero attached hydrogens (tertiary/aromatic N) is 1. The van der Waals surface area contributed by atoms with Crippen LogP contribution in [0.5, 0.6) is 0 Å². The van der Waals surface area contributed by atoms with Crippen molar-refractivity contribution in [2.75, 3.05) is 5.73 Å². The smallest absolute Gasteiger partial charge is 0.127 e. The topological polar surface area (TPSA) is 38.9 Å². The molecule has 0 radical (unpaired) electrons. The molecule has 86 valence electrons. The van der Waals surface area contributed by atoms with Gasteiger partial charge in [-0.25, -0.2) is 4.98 Å². The molecule has 0 aliphatic carbocycles. The van der Waals surface area contributed by atoms with Gasteiger partial charge in [-0.15, -0.1) is 11.8 Å². The number of thioether (sulfide) groups is 1. The number of rotatable bonds is 3. The van der Waals surface area contributed by atoms with E-state index in [-0.39, 0.29) is 0 Å². The van der Waals surface area contributed by atoms with Crippen LogP contribution in [0, 0.1) is 0 Å². The Bertz CT molecular complexity index is 285. The van der Waals surface area contributed by atoms with Gasteiger partial charge in [-0.3, -0.25) is 0 Å². The summed E-state index contributed by atoms with van der Waals surface area (Å²) >= 11 is 1.84. The molecule has 0 saturated carbocycles. The van der Waals surface area contributed by atoms with Gasteiger partial charge in [0.05, 0.1) is 0 Å². The van der Waals surface area contributed by atoms with Crippen molar-refractivity contribution in [2.24, 2.45) is 0 Å². The Balaban J connectivity index is 0.000000921. The van der Waals surface area contributed by atoms with Gasteiger partial charge in [0.25, 0.3) is 0 Å². The summed E-state index contributed by atoms with van der Waals surface area (Å²) in [5, 5.41) is 0.590. The van der Waals surface area contributed by atoms with Crippen LogP contribution in [0.3, 0.4) is 0 Å². The van der Waals surface area contributed by atoms with Gasteiger partial charge in [0, 0.05) is 21.9 Å². The maximum atomic E-state index is 5.78. The van der Waals surface area contributed by atoms with Crippen molar-refractivity contribution >= 4 is 17.6 Å². The molecule has 1 aromatic heterocycles. The van der Waals surface area contributed by atoms with Crippen LogP contribution in [-0.2, 0) is 6.42 Å². The molecule has 15 heavy (non-hydrogen) atoms. The Morgan fingerprint density at radius 1 is 1.40 bits per heavy atom. The third kappa shape index (κ3) is 4.56. The molecule has 0 spiro atoms. The largest absolute Gasteiger partial charge is 0.383 e. The molecule has 2 nitrogen and oxygen atoms in total. The molecule has 1 heterocycles. The van der Waals surface area contributed by atoms with Crippen molar-refractivity contribution in [1.29, 1.82) is 0 Å². The van der Waals surface area contributed by atoms with E-state index in [1.54, 1.807) is 6.20 Å². The standard InChI is InChI=1S/C10H16N2S.C2H6/c1-4-8-9(13-7(2)3)5-6-12-10(8)11;1-2/h5-7H,4H2,1-3H3,(H2,11,12);1-2H3. The highest BCUT2D eigenvalue weighted by molar-refractivity contribution is 8.00. The van der Waals surface area contributed by atoms with E-state index in [0.717, 1.165) is 6.42 Å². The first kappa shape index (κ1) is 14.3. The highest BCUT2D eigenvalue weighted by Crippen LogP contribution is 2.28. The van der Waals surface area contributed by atoms with Gasteiger partial charge >= 0.3 is 0 Å². The predicted molar refractivity (Wildman–Crippen MR) is 70.4 cm³/mol. The van der Waals surface area contributed by atoms with Crippen molar-refractivity contribution in [3.05, 3.63) is 17.8 Å². The fraction of sp³-hybridized carbons (Fsp3) is 0.583. The zero-order chi connectivity index (χ0) is 11.8. The van der Waals surface area contributed by atoms with Gasteiger partial charge in [0.1, 0.15) is 5.82 Å². The summed E-state index contributed by atoms with van der Waals surface area (Å²) in [6, 6.07) is 2.04. The minimum atomic E-state index is 0.590. The molecule has 0 bridgehead atoms. The molecular weight excluding hydrogens is 204 g/mol. The first-order chi connectivity index (χ1) is 7.15. The monoisotopic (exact) mass is 226 g/mol. The number of pyridine rings is 1. The molecule has 0 aliphatic heterocycles. The Morgan fingerprint density at radius 2 is 2.00 bits per heavy atom. The maximum absolute atomic E-state index is 5.78. The van der Waals surface area contributed by atoms with E-state index in [1.807, 2.05) is 31.7 Å². The van der Waals surface area contributed by atoms with Crippen LogP contribution >= 0.6 is 11.8 Å². The first-order valence-electron chi connectivity index (χ1n) is 5.55. The van der Waals surface area contributed by atoms with E-state index in [0.29, 0.717) is 11.1 Å². The van der Waals surface area contributed by atoms with Gasteiger partial charge < -0.3 is 5.73 Å². The highest BCUT2D eigenvalue weighted by atomic mass is 32.2. The average molecular weight is 226 g/mol. The summed E-state index contributed by atoms with van der Waals surface area (Å²) < 4.78 is 0. The second-order valence-corrected chi connectivity index (χ2v) is 4.81. The first-order valence-corrected chi connectivity index (χ1v) is 6.43. The van der Waals surface area contributed by atoms with E-state index >= 15 is 0 Å². The third-order valence-electron chi connectivity index (χ3n) is 1.76. The molecule has 0 atom stereocenters. The van der Waals surface area contributed by atoms with E-state index in [1.165, 1.54) is 10.5 Å². The lowest BCUT2D eigenvalue weighted by Gasteiger charge is -2.10. The lowest BCUT2D eigenvalue weighted by molar-refractivity contribution is 1.04.